The van der Waals surface area contributed by atoms with Gasteiger partial charge in [-0.2, -0.15) is 5.26 Å². The van der Waals surface area contributed by atoms with E-state index in [-0.39, 0.29) is 24.7 Å². The van der Waals surface area contributed by atoms with E-state index in [1.807, 2.05) is 6.07 Å². The van der Waals surface area contributed by atoms with E-state index in [1.165, 1.54) is 11.0 Å². The summed E-state index contributed by atoms with van der Waals surface area (Å²) in [6, 6.07) is 15.3. The highest BCUT2D eigenvalue weighted by Gasteiger charge is 2.12. The van der Waals surface area contributed by atoms with Crippen molar-refractivity contribution in [3.63, 3.8) is 0 Å². The van der Waals surface area contributed by atoms with E-state index in [0.717, 1.165) is 5.56 Å². The fourth-order valence-electron chi connectivity index (χ4n) is 1.98. The maximum Gasteiger partial charge on any atom is 0.227 e. The Morgan fingerprint density at radius 2 is 1.86 bits per heavy atom. The fourth-order valence-corrected chi connectivity index (χ4v) is 1.98. The second-order valence-electron chi connectivity index (χ2n) is 4.83. The van der Waals surface area contributed by atoms with Gasteiger partial charge in [-0.15, -0.1) is 0 Å². The zero-order valence-electron chi connectivity index (χ0n) is 11.7. The molecule has 0 aliphatic heterocycles. The molecule has 0 aliphatic rings. The molecule has 21 heavy (non-hydrogen) atoms. The molecule has 0 radical (unpaired) electrons. The van der Waals surface area contributed by atoms with Crippen molar-refractivity contribution in [3.8, 4) is 6.07 Å². The molecule has 106 valence electrons. The van der Waals surface area contributed by atoms with Gasteiger partial charge in [-0.1, -0.05) is 30.3 Å². The number of nitrogens with zero attached hydrogens (tertiary/aromatic N) is 2. The van der Waals surface area contributed by atoms with Crippen LogP contribution in [0.4, 0.5) is 4.39 Å². The molecule has 0 atom stereocenters. The highest BCUT2D eigenvalue weighted by molar-refractivity contribution is 5.78. The van der Waals surface area contributed by atoms with Crippen LogP contribution in [0.3, 0.4) is 0 Å². The highest BCUT2D eigenvalue weighted by Crippen LogP contribution is 2.11. The van der Waals surface area contributed by atoms with Crippen molar-refractivity contribution >= 4 is 5.91 Å². The topological polar surface area (TPSA) is 44.1 Å². The first-order valence-electron chi connectivity index (χ1n) is 6.56. The quantitative estimate of drug-likeness (QED) is 0.865. The monoisotopic (exact) mass is 282 g/mol. The number of carbonyl (C=O) groups excluding carboxylic acids is 1. The van der Waals surface area contributed by atoms with Gasteiger partial charge in [0.1, 0.15) is 5.82 Å². The van der Waals surface area contributed by atoms with Crippen LogP contribution in [0.1, 0.15) is 16.7 Å². The number of nitriles is 1. The van der Waals surface area contributed by atoms with Crippen LogP contribution in [-0.4, -0.2) is 17.9 Å². The fraction of sp³-hybridized carbons (Fsp3) is 0.176. The molecule has 3 nitrogen and oxygen atoms in total. The Hall–Kier alpha value is -2.67. The molecular weight excluding hydrogens is 267 g/mol. The summed E-state index contributed by atoms with van der Waals surface area (Å²) in [7, 11) is 1.65. The summed E-state index contributed by atoms with van der Waals surface area (Å²) in [5, 5.41) is 8.73. The second kappa shape index (κ2) is 6.67. The lowest BCUT2D eigenvalue weighted by Gasteiger charge is -2.17. The van der Waals surface area contributed by atoms with Gasteiger partial charge < -0.3 is 4.90 Å². The van der Waals surface area contributed by atoms with Gasteiger partial charge in [-0.25, -0.2) is 4.39 Å². The third-order valence-corrected chi connectivity index (χ3v) is 3.23. The van der Waals surface area contributed by atoms with Gasteiger partial charge in [-0.3, -0.25) is 4.79 Å². The average Bonchev–Trinajstić information content (AvgIpc) is 2.50. The Morgan fingerprint density at radius 1 is 1.19 bits per heavy atom. The third-order valence-electron chi connectivity index (χ3n) is 3.23. The standard InChI is InChI=1S/C17H15FN2O/c1-20(12-15-4-2-3-5-16(15)18)17(21)10-13-6-8-14(11-19)9-7-13/h2-9H,10,12H2,1H3. The van der Waals surface area contributed by atoms with Crippen LogP contribution in [0, 0.1) is 17.1 Å². The number of benzene rings is 2. The summed E-state index contributed by atoms with van der Waals surface area (Å²) in [6.07, 6.45) is 0.233. The van der Waals surface area contributed by atoms with E-state index >= 15 is 0 Å². The van der Waals surface area contributed by atoms with E-state index in [9.17, 15) is 9.18 Å². The first-order valence-corrected chi connectivity index (χ1v) is 6.56. The second-order valence-corrected chi connectivity index (χ2v) is 4.83. The summed E-state index contributed by atoms with van der Waals surface area (Å²) in [6.45, 7) is 0.238. The SMILES string of the molecule is CN(Cc1ccccc1F)C(=O)Cc1ccc(C#N)cc1. The zero-order valence-corrected chi connectivity index (χ0v) is 11.7. The van der Waals surface area contributed by atoms with Gasteiger partial charge in [-0.05, 0) is 23.8 Å². The molecule has 0 bridgehead atoms. The van der Waals surface area contributed by atoms with Crippen molar-refractivity contribution in [2.24, 2.45) is 0 Å². The largest absolute Gasteiger partial charge is 0.341 e. The Bertz CT molecular complexity index is 674. The Balaban J connectivity index is 1.99. The molecule has 0 unspecified atom stereocenters. The van der Waals surface area contributed by atoms with E-state index in [1.54, 1.807) is 49.5 Å². The number of hydrogen-bond acceptors (Lipinski definition) is 2. The molecular formula is C17H15FN2O. The molecule has 0 N–H and O–H groups in total. The molecule has 0 aromatic heterocycles. The molecule has 0 spiro atoms. The van der Waals surface area contributed by atoms with Gasteiger partial charge in [0.15, 0.2) is 0 Å². The molecule has 0 heterocycles. The predicted molar refractivity (Wildman–Crippen MR) is 77.7 cm³/mol. The summed E-state index contributed by atoms with van der Waals surface area (Å²) >= 11 is 0. The zero-order chi connectivity index (χ0) is 15.2. The van der Waals surface area contributed by atoms with Crippen molar-refractivity contribution in [2.75, 3.05) is 7.05 Å². The van der Waals surface area contributed by atoms with Crippen LogP contribution in [0.5, 0.6) is 0 Å². The van der Waals surface area contributed by atoms with Gasteiger partial charge in [0.05, 0.1) is 18.1 Å². The maximum atomic E-state index is 13.6. The Morgan fingerprint density at radius 3 is 2.48 bits per heavy atom. The van der Waals surface area contributed by atoms with Crippen molar-refractivity contribution in [1.82, 2.24) is 4.90 Å². The van der Waals surface area contributed by atoms with Crippen LogP contribution < -0.4 is 0 Å². The van der Waals surface area contributed by atoms with Crippen LogP contribution in [0.2, 0.25) is 0 Å². The summed E-state index contributed by atoms with van der Waals surface area (Å²) in [4.78, 5) is 13.6. The molecule has 2 aromatic carbocycles. The van der Waals surface area contributed by atoms with Gasteiger partial charge in [0.25, 0.3) is 0 Å². The minimum absolute atomic E-state index is 0.0945. The molecule has 2 rings (SSSR count). The first kappa shape index (κ1) is 14.7. The Kier molecular flexibility index (Phi) is 4.68. The molecule has 0 saturated carbocycles. The third kappa shape index (κ3) is 3.90. The number of hydrogen-bond donors (Lipinski definition) is 0. The number of rotatable bonds is 4. The highest BCUT2D eigenvalue weighted by atomic mass is 19.1. The summed E-state index contributed by atoms with van der Waals surface area (Å²) in [5.41, 5.74) is 1.89. The van der Waals surface area contributed by atoms with Crippen molar-refractivity contribution < 1.29 is 9.18 Å². The minimum Gasteiger partial charge on any atom is -0.341 e. The first-order chi connectivity index (χ1) is 10.1. The van der Waals surface area contributed by atoms with Gasteiger partial charge >= 0.3 is 0 Å². The van der Waals surface area contributed by atoms with Gasteiger partial charge in [0.2, 0.25) is 5.91 Å². The molecule has 0 aliphatic carbocycles. The van der Waals surface area contributed by atoms with E-state index in [4.69, 9.17) is 5.26 Å². The Labute approximate surface area is 123 Å². The van der Waals surface area contributed by atoms with Crippen LogP contribution in [-0.2, 0) is 17.8 Å². The normalized spacial score (nSPS) is 9.95. The van der Waals surface area contributed by atoms with Crippen LogP contribution in [0.25, 0.3) is 0 Å². The van der Waals surface area contributed by atoms with Crippen molar-refractivity contribution in [2.45, 2.75) is 13.0 Å². The number of halogens is 1. The van der Waals surface area contributed by atoms with Crippen LogP contribution in [0.15, 0.2) is 48.5 Å². The molecule has 0 fully saturated rings. The maximum absolute atomic E-state index is 13.6. The predicted octanol–water partition coefficient (Wildman–Crippen LogP) is 2.90. The molecule has 2 aromatic rings. The lowest BCUT2D eigenvalue weighted by Crippen LogP contribution is -2.28. The van der Waals surface area contributed by atoms with Gasteiger partial charge in [0, 0.05) is 19.2 Å². The minimum atomic E-state index is -0.310. The number of likely N-dealkylation sites (N-methyl/N-ethyl adjacent to an activating group) is 1. The lowest BCUT2D eigenvalue weighted by molar-refractivity contribution is -0.129. The van der Waals surface area contributed by atoms with Crippen LogP contribution >= 0.6 is 0 Å². The summed E-state index contributed by atoms with van der Waals surface area (Å²) < 4.78 is 13.6. The van der Waals surface area contributed by atoms with E-state index in [2.05, 4.69) is 0 Å². The summed E-state index contributed by atoms with van der Waals surface area (Å²) in [5.74, 6) is -0.404. The smallest absolute Gasteiger partial charge is 0.227 e. The van der Waals surface area contributed by atoms with E-state index < -0.39 is 0 Å². The molecule has 1 amide bonds. The lowest BCUT2D eigenvalue weighted by atomic mass is 10.1. The van der Waals surface area contributed by atoms with E-state index in [0.29, 0.717) is 11.1 Å². The molecule has 4 heteroatoms. The number of carbonyl (C=O) groups is 1. The molecule has 0 saturated heterocycles. The number of amides is 1. The van der Waals surface area contributed by atoms with Crippen molar-refractivity contribution in [1.29, 1.82) is 5.26 Å². The average molecular weight is 282 g/mol. The van der Waals surface area contributed by atoms with Crippen molar-refractivity contribution in [3.05, 3.63) is 71.0 Å².